The normalized spacial score (nSPS) is 31.6. The first-order chi connectivity index (χ1) is 13.1. The summed E-state index contributed by atoms with van der Waals surface area (Å²) in [4.78, 5) is 15.8. The van der Waals surface area contributed by atoms with Crippen molar-refractivity contribution in [2.75, 3.05) is 19.7 Å². The molecular weight excluding hydrogens is 336 g/mol. The third-order valence-corrected chi connectivity index (χ3v) is 7.28. The molecule has 3 fully saturated rings. The fourth-order valence-electron chi connectivity index (χ4n) is 6.35. The number of hydrogen-bond acceptors (Lipinski definition) is 3. The molecule has 4 bridgehead atoms. The predicted molar refractivity (Wildman–Crippen MR) is 107 cm³/mol. The Labute approximate surface area is 161 Å². The van der Waals surface area contributed by atoms with E-state index < -0.39 is 0 Å². The maximum Gasteiger partial charge on any atom is 0.418 e. The minimum absolute atomic E-state index is 0.199. The highest BCUT2D eigenvalue weighted by Crippen LogP contribution is 2.51. The second kappa shape index (κ2) is 6.37. The number of benzene rings is 1. The maximum atomic E-state index is 13.0. The van der Waals surface area contributed by atoms with Gasteiger partial charge in [-0.25, -0.2) is 9.36 Å². The van der Waals surface area contributed by atoms with Gasteiger partial charge in [0.05, 0.1) is 12.1 Å². The van der Waals surface area contributed by atoms with E-state index in [1.807, 2.05) is 11.5 Å². The van der Waals surface area contributed by atoms with Crippen LogP contribution in [0, 0.1) is 18.8 Å². The van der Waals surface area contributed by atoms with Gasteiger partial charge in [0, 0.05) is 36.1 Å². The van der Waals surface area contributed by atoms with Crippen molar-refractivity contribution in [3.63, 3.8) is 0 Å². The van der Waals surface area contributed by atoms with Crippen LogP contribution >= 0.6 is 0 Å². The Morgan fingerprint density at radius 3 is 2.89 bits per heavy atom. The summed E-state index contributed by atoms with van der Waals surface area (Å²) >= 11 is 0. The van der Waals surface area contributed by atoms with Crippen LogP contribution in [0.25, 0.3) is 10.9 Å². The summed E-state index contributed by atoms with van der Waals surface area (Å²) in [6.07, 6.45) is 4.66. The summed E-state index contributed by atoms with van der Waals surface area (Å²) in [5.74, 6) is 1.98. The summed E-state index contributed by atoms with van der Waals surface area (Å²) in [6, 6.07) is 7.09. The molecule has 4 heteroatoms. The van der Waals surface area contributed by atoms with Gasteiger partial charge in [0.25, 0.3) is 0 Å². The van der Waals surface area contributed by atoms with E-state index in [0.717, 1.165) is 30.3 Å². The Morgan fingerprint density at radius 2 is 2.11 bits per heavy atom. The average Bonchev–Trinajstić information content (AvgIpc) is 2.93. The van der Waals surface area contributed by atoms with E-state index in [4.69, 9.17) is 4.74 Å². The lowest BCUT2D eigenvalue weighted by molar-refractivity contribution is -0.0141. The topological polar surface area (TPSA) is 34.5 Å². The number of fused-ring (bicyclic) bond motifs is 4. The lowest BCUT2D eigenvalue weighted by Crippen LogP contribution is -2.56. The molecule has 1 saturated carbocycles. The molecule has 0 spiro atoms. The fourth-order valence-corrected chi connectivity index (χ4v) is 6.35. The lowest BCUT2D eigenvalue weighted by Gasteiger charge is -2.53. The number of carbonyl (C=O) groups is 1. The number of piperidine rings is 2. The van der Waals surface area contributed by atoms with Crippen LogP contribution < -0.4 is 0 Å². The number of nitrogens with zero attached hydrogens (tertiary/aromatic N) is 2. The number of rotatable bonds is 2. The molecule has 1 aromatic carbocycles. The maximum absolute atomic E-state index is 13.0. The first-order valence-electron chi connectivity index (χ1n) is 10.7. The van der Waals surface area contributed by atoms with Crippen molar-refractivity contribution in [2.45, 2.75) is 58.4 Å². The Kier molecular flexibility index (Phi) is 4.08. The zero-order valence-corrected chi connectivity index (χ0v) is 16.7. The molecule has 3 unspecified atom stereocenters. The molecule has 4 nitrogen and oxygen atoms in total. The zero-order chi connectivity index (χ0) is 18.7. The van der Waals surface area contributed by atoms with E-state index in [-0.39, 0.29) is 6.09 Å². The summed E-state index contributed by atoms with van der Waals surface area (Å²) in [5, 5.41) is 1.26. The molecule has 0 N–H and O–H groups in total. The largest absolute Gasteiger partial charge is 0.449 e. The van der Waals surface area contributed by atoms with Crippen LogP contribution in [0.2, 0.25) is 0 Å². The average molecular weight is 367 g/mol. The molecule has 1 aliphatic carbocycles. The molecule has 144 valence electrons. The van der Waals surface area contributed by atoms with Gasteiger partial charge in [0.1, 0.15) is 0 Å². The predicted octanol–water partition coefficient (Wildman–Crippen LogP) is 4.71. The zero-order valence-electron chi connectivity index (χ0n) is 16.7. The molecule has 2 aromatic rings. The molecule has 2 saturated heterocycles. The minimum Gasteiger partial charge on any atom is -0.449 e. The van der Waals surface area contributed by atoms with Crippen molar-refractivity contribution < 1.29 is 9.53 Å². The summed E-state index contributed by atoms with van der Waals surface area (Å²) in [7, 11) is 0. The molecule has 27 heavy (non-hydrogen) atoms. The van der Waals surface area contributed by atoms with Crippen molar-refractivity contribution in [3.05, 3.63) is 35.0 Å². The highest BCUT2D eigenvalue weighted by atomic mass is 16.5. The Hall–Kier alpha value is -1.81. The van der Waals surface area contributed by atoms with Crippen molar-refractivity contribution in [1.29, 1.82) is 0 Å². The number of ether oxygens (including phenoxy) is 1. The van der Waals surface area contributed by atoms with Crippen LogP contribution in [0.15, 0.2) is 18.2 Å². The van der Waals surface area contributed by atoms with Gasteiger partial charge in [-0.3, -0.25) is 4.90 Å². The van der Waals surface area contributed by atoms with Gasteiger partial charge in [0.15, 0.2) is 0 Å². The number of hydrogen-bond donors (Lipinski definition) is 0. The quantitative estimate of drug-likeness (QED) is 0.772. The van der Waals surface area contributed by atoms with Crippen molar-refractivity contribution in [1.82, 2.24) is 9.47 Å². The standard InChI is InChI=1S/C23H30N2O2/c1-4-16-11-15-12-19-21(16)24(13-15)9-8-17-18-10-14(3)6-7-20(18)25(22(17)19)23(26)27-5-2/h6-7,10,15-16,19,21H,4-5,8-9,11-13H2,1-3H3/t15-,16?,19+,21?/m0/s1. The van der Waals surface area contributed by atoms with Gasteiger partial charge in [-0.2, -0.15) is 0 Å². The lowest BCUT2D eigenvalue weighted by atomic mass is 9.65. The summed E-state index contributed by atoms with van der Waals surface area (Å²) < 4.78 is 7.45. The second-order valence-electron chi connectivity index (χ2n) is 8.77. The molecule has 4 aliphatic rings. The van der Waals surface area contributed by atoms with E-state index in [1.165, 1.54) is 48.0 Å². The third kappa shape index (κ3) is 2.49. The SMILES string of the molecule is CCOC(=O)n1c2c(c3cc(C)ccc31)CCN1C[C@H]3CC(CC)C1[C@H]2C3. The third-order valence-electron chi connectivity index (χ3n) is 7.28. The molecule has 0 radical (unpaired) electrons. The number of aromatic nitrogens is 1. The van der Waals surface area contributed by atoms with Crippen molar-refractivity contribution in [3.8, 4) is 0 Å². The monoisotopic (exact) mass is 366 g/mol. The number of aryl methyl sites for hydroxylation is 1. The molecule has 5 atom stereocenters. The smallest absolute Gasteiger partial charge is 0.418 e. The molecular formula is C23H30N2O2. The van der Waals surface area contributed by atoms with Crippen LogP contribution in [0.5, 0.6) is 0 Å². The highest BCUT2D eigenvalue weighted by Gasteiger charge is 2.49. The van der Waals surface area contributed by atoms with E-state index in [2.05, 4.69) is 36.9 Å². The molecule has 1 aromatic heterocycles. The van der Waals surface area contributed by atoms with Crippen LogP contribution in [0.3, 0.4) is 0 Å². The summed E-state index contributed by atoms with van der Waals surface area (Å²) in [5.41, 5.74) is 4.96. The first-order valence-corrected chi connectivity index (χ1v) is 10.7. The fraction of sp³-hybridized carbons (Fsp3) is 0.609. The van der Waals surface area contributed by atoms with E-state index in [9.17, 15) is 4.79 Å². The van der Waals surface area contributed by atoms with Crippen LogP contribution in [0.1, 0.15) is 55.8 Å². The molecule has 4 heterocycles. The second-order valence-corrected chi connectivity index (χ2v) is 8.77. The Bertz CT molecular complexity index is 899. The molecule has 0 amide bonds. The van der Waals surface area contributed by atoms with Crippen LogP contribution in [-0.2, 0) is 11.2 Å². The Morgan fingerprint density at radius 1 is 1.26 bits per heavy atom. The highest BCUT2D eigenvalue weighted by molar-refractivity contribution is 5.94. The van der Waals surface area contributed by atoms with E-state index in [0.29, 0.717) is 18.6 Å². The van der Waals surface area contributed by atoms with E-state index in [1.54, 1.807) is 0 Å². The van der Waals surface area contributed by atoms with Gasteiger partial charge < -0.3 is 4.74 Å². The first kappa shape index (κ1) is 17.3. The van der Waals surface area contributed by atoms with Crippen LogP contribution in [-0.4, -0.2) is 41.3 Å². The van der Waals surface area contributed by atoms with Gasteiger partial charge in [-0.05, 0) is 62.6 Å². The summed E-state index contributed by atoms with van der Waals surface area (Å²) in [6.45, 7) is 9.16. The van der Waals surface area contributed by atoms with E-state index >= 15 is 0 Å². The van der Waals surface area contributed by atoms with Gasteiger partial charge in [-0.1, -0.05) is 25.0 Å². The molecule has 6 rings (SSSR count). The Balaban J connectivity index is 1.75. The van der Waals surface area contributed by atoms with Gasteiger partial charge in [-0.15, -0.1) is 0 Å². The number of carbonyl (C=O) groups excluding carboxylic acids is 1. The van der Waals surface area contributed by atoms with Crippen molar-refractivity contribution >= 4 is 17.0 Å². The van der Waals surface area contributed by atoms with Crippen LogP contribution in [0.4, 0.5) is 4.79 Å². The molecule has 3 aliphatic heterocycles. The van der Waals surface area contributed by atoms with Crippen molar-refractivity contribution in [2.24, 2.45) is 11.8 Å². The van der Waals surface area contributed by atoms with Gasteiger partial charge >= 0.3 is 6.09 Å². The van der Waals surface area contributed by atoms with Gasteiger partial charge in [0.2, 0.25) is 0 Å². The minimum atomic E-state index is -0.199.